The summed E-state index contributed by atoms with van der Waals surface area (Å²) in [5.41, 5.74) is 4.80. The molecule has 148 valence electrons. The van der Waals surface area contributed by atoms with E-state index in [4.69, 9.17) is 0 Å². The van der Waals surface area contributed by atoms with E-state index in [1.807, 2.05) is 67.6 Å². The first kappa shape index (κ1) is 18.4. The standard InChI is InChI=1S/C26H22N2O2/c1-18-9-5-7-13-23(18)28-25(29)15-21(26(28)30)22-17-27(16-19-10-3-2-4-11-19)24-14-8-6-12-20(22)24/h2-14,17,21H,15-16H2,1H3/t21-/m0/s1. The second-order valence-corrected chi connectivity index (χ2v) is 7.83. The number of fused-ring (bicyclic) bond motifs is 1. The number of rotatable bonds is 4. The zero-order chi connectivity index (χ0) is 20.7. The van der Waals surface area contributed by atoms with Crippen LogP contribution in [0.3, 0.4) is 0 Å². The Bertz CT molecular complexity index is 1260. The van der Waals surface area contributed by atoms with Gasteiger partial charge in [0.2, 0.25) is 11.8 Å². The molecule has 3 aromatic carbocycles. The van der Waals surface area contributed by atoms with Gasteiger partial charge in [0.1, 0.15) is 0 Å². The van der Waals surface area contributed by atoms with Crippen LogP contribution in [0.5, 0.6) is 0 Å². The fraction of sp³-hybridized carbons (Fsp3) is 0.154. The molecule has 1 saturated heterocycles. The second kappa shape index (κ2) is 7.30. The van der Waals surface area contributed by atoms with Crippen molar-refractivity contribution in [2.45, 2.75) is 25.8 Å². The number of para-hydroxylation sites is 2. The smallest absolute Gasteiger partial charge is 0.241 e. The van der Waals surface area contributed by atoms with Crippen LogP contribution in [-0.2, 0) is 16.1 Å². The Morgan fingerprint density at radius 1 is 0.867 bits per heavy atom. The maximum atomic E-state index is 13.4. The summed E-state index contributed by atoms with van der Waals surface area (Å²) in [6.07, 6.45) is 2.25. The molecule has 4 aromatic rings. The summed E-state index contributed by atoms with van der Waals surface area (Å²) < 4.78 is 2.17. The monoisotopic (exact) mass is 394 g/mol. The minimum absolute atomic E-state index is 0.140. The van der Waals surface area contributed by atoms with Gasteiger partial charge in [-0.2, -0.15) is 0 Å². The van der Waals surface area contributed by atoms with Crippen molar-refractivity contribution in [1.82, 2.24) is 4.57 Å². The minimum atomic E-state index is -0.459. The van der Waals surface area contributed by atoms with Crippen LogP contribution >= 0.6 is 0 Å². The zero-order valence-corrected chi connectivity index (χ0v) is 16.8. The molecule has 4 heteroatoms. The number of aromatic nitrogens is 1. The van der Waals surface area contributed by atoms with Gasteiger partial charge in [-0.15, -0.1) is 0 Å². The highest BCUT2D eigenvalue weighted by Crippen LogP contribution is 2.38. The first-order valence-corrected chi connectivity index (χ1v) is 10.2. The van der Waals surface area contributed by atoms with Crippen LogP contribution < -0.4 is 4.90 Å². The number of hydrogen-bond acceptors (Lipinski definition) is 2. The van der Waals surface area contributed by atoms with Crippen molar-refractivity contribution >= 4 is 28.4 Å². The molecular formula is C26H22N2O2. The average Bonchev–Trinajstić information content (AvgIpc) is 3.26. The van der Waals surface area contributed by atoms with Gasteiger partial charge in [-0.1, -0.05) is 66.7 Å². The molecule has 0 saturated carbocycles. The molecule has 0 aliphatic carbocycles. The Hall–Kier alpha value is -3.66. The molecule has 0 unspecified atom stereocenters. The Morgan fingerprint density at radius 2 is 1.57 bits per heavy atom. The lowest BCUT2D eigenvalue weighted by molar-refractivity contribution is -0.121. The molecule has 2 heterocycles. The minimum Gasteiger partial charge on any atom is -0.343 e. The predicted octanol–water partition coefficient (Wildman–Crippen LogP) is 5.05. The largest absolute Gasteiger partial charge is 0.343 e. The molecule has 4 nitrogen and oxygen atoms in total. The summed E-state index contributed by atoms with van der Waals surface area (Å²) in [6, 6.07) is 25.9. The Kier molecular flexibility index (Phi) is 4.47. The number of imide groups is 1. The number of aryl methyl sites for hydroxylation is 1. The number of amides is 2. The van der Waals surface area contributed by atoms with Crippen LogP contribution in [0.25, 0.3) is 10.9 Å². The summed E-state index contributed by atoms with van der Waals surface area (Å²) in [5, 5.41) is 1.03. The van der Waals surface area contributed by atoms with Crippen molar-refractivity contribution in [2.75, 3.05) is 4.90 Å². The maximum absolute atomic E-state index is 13.4. The van der Waals surface area contributed by atoms with Crippen molar-refractivity contribution in [3.63, 3.8) is 0 Å². The van der Waals surface area contributed by atoms with Crippen molar-refractivity contribution in [1.29, 1.82) is 0 Å². The zero-order valence-electron chi connectivity index (χ0n) is 16.8. The van der Waals surface area contributed by atoms with E-state index in [-0.39, 0.29) is 18.2 Å². The summed E-state index contributed by atoms with van der Waals surface area (Å²) in [7, 11) is 0. The van der Waals surface area contributed by atoms with E-state index in [1.165, 1.54) is 10.5 Å². The van der Waals surface area contributed by atoms with Crippen molar-refractivity contribution in [2.24, 2.45) is 0 Å². The molecule has 0 spiro atoms. The lowest BCUT2D eigenvalue weighted by atomic mass is 9.97. The molecule has 30 heavy (non-hydrogen) atoms. The lowest BCUT2D eigenvalue weighted by Crippen LogP contribution is -2.30. The normalized spacial score (nSPS) is 16.6. The van der Waals surface area contributed by atoms with Gasteiger partial charge in [0, 0.05) is 30.1 Å². The van der Waals surface area contributed by atoms with Crippen LogP contribution in [0, 0.1) is 6.92 Å². The molecule has 1 aliphatic rings. The highest BCUT2D eigenvalue weighted by Gasteiger charge is 2.42. The molecule has 0 bridgehead atoms. The predicted molar refractivity (Wildman–Crippen MR) is 119 cm³/mol. The molecule has 1 fully saturated rings. The number of nitrogens with zero attached hydrogens (tertiary/aromatic N) is 2. The SMILES string of the molecule is Cc1ccccc1N1C(=O)C[C@@H](c2cn(Cc3ccccc3)c3ccccc23)C1=O. The molecule has 1 aromatic heterocycles. The average molecular weight is 394 g/mol. The Balaban J connectivity index is 1.56. The third-order valence-electron chi connectivity index (χ3n) is 5.89. The van der Waals surface area contributed by atoms with Gasteiger partial charge < -0.3 is 4.57 Å². The Morgan fingerprint density at radius 3 is 2.37 bits per heavy atom. The quantitative estimate of drug-likeness (QED) is 0.455. The molecule has 5 rings (SSSR count). The number of carbonyl (C=O) groups excluding carboxylic acids is 2. The van der Waals surface area contributed by atoms with E-state index in [2.05, 4.69) is 29.0 Å². The van der Waals surface area contributed by atoms with Gasteiger partial charge in [0.05, 0.1) is 11.6 Å². The van der Waals surface area contributed by atoms with Crippen molar-refractivity contribution < 1.29 is 9.59 Å². The molecule has 1 aliphatic heterocycles. The first-order valence-electron chi connectivity index (χ1n) is 10.2. The van der Waals surface area contributed by atoms with Gasteiger partial charge in [-0.05, 0) is 35.7 Å². The molecule has 2 amide bonds. The highest BCUT2D eigenvalue weighted by molar-refractivity contribution is 6.23. The number of hydrogen-bond donors (Lipinski definition) is 0. The highest BCUT2D eigenvalue weighted by atomic mass is 16.2. The number of carbonyl (C=O) groups is 2. The van der Waals surface area contributed by atoms with E-state index >= 15 is 0 Å². The van der Waals surface area contributed by atoms with Crippen molar-refractivity contribution in [3.8, 4) is 0 Å². The van der Waals surface area contributed by atoms with Gasteiger partial charge in [-0.3, -0.25) is 9.59 Å². The van der Waals surface area contributed by atoms with E-state index in [9.17, 15) is 9.59 Å². The summed E-state index contributed by atoms with van der Waals surface area (Å²) in [4.78, 5) is 27.6. The van der Waals surface area contributed by atoms with Crippen LogP contribution in [0.1, 0.15) is 29.0 Å². The molecular weight excluding hydrogens is 372 g/mol. The van der Waals surface area contributed by atoms with E-state index in [1.54, 1.807) is 0 Å². The van der Waals surface area contributed by atoms with Crippen LogP contribution in [0.4, 0.5) is 5.69 Å². The molecule has 1 atom stereocenters. The van der Waals surface area contributed by atoms with Gasteiger partial charge >= 0.3 is 0 Å². The van der Waals surface area contributed by atoms with E-state index < -0.39 is 5.92 Å². The van der Waals surface area contributed by atoms with Gasteiger partial charge in [0.25, 0.3) is 0 Å². The third kappa shape index (κ3) is 3.01. The van der Waals surface area contributed by atoms with Gasteiger partial charge in [0.15, 0.2) is 0 Å². The topological polar surface area (TPSA) is 42.3 Å². The van der Waals surface area contributed by atoms with Crippen LogP contribution in [0.15, 0.2) is 85.1 Å². The van der Waals surface area contributed by atoms with E-state index in [0.29, 0.717) is 5.69 Å². The number of anilines is 1. The van der Waals surface area contributed by atoms with Crippen LogP contribution in [-0.4, -0.2) is 16.4 Å². The maximum Gasteiger partial charge on any atom is 0.241 e. The number of benzene rings is 3. The first-order chi connectivity index (χ1) is 14.6. The van der Waals surface area contributed by atoms with Crippen LogP contribution in [0.2, 0.25) is 0 Å². The lowest BCUT2D eigenvalue weighted by Gasteiger charge is -2.17. The van der Waals surface area contributed by atoms with E-state index in [0.717, 1.165) is 28.6 Å². The summed E-state index contributed by atoms with van der Waals surface area (Å²) >= 11 is 0. The third-order valence-corrected chi connectivity index (χ3v) is 5.89. The Labute approximate surface area is 175 Å². The summed E-state index contributed by atoms with van der Waals surface area (Å²) in [5.74, 6) is -0.741. The fourth-order valence-corrected chi connectivity index (χ4v) is 4.41. The molecule has 0 N–H and O–H groups in total. The van der Waals surface area contributed by atoms with Crippen molar-refractivity contribution in [3.05, 3.63) is 102 Å². The fourth-order valence-electron chi connectivity index (χ4n) is 4.41. The van der Waals surface area contributed by atoms with Gasteiger partial charge in [-0.25, -0.2) is 4.90 Å². The molecule has 0 radical (unpaired) electrons. The summed E-state index contributed by atoms with van der Waals surface area (Å²) in [6.45, 7) is 2.65. The second-order valence-electron chi connectivity index (χ2n) is 7.83.